The van der Waals surface area contributed by atoms with Crippen LogP contribution in [0.5, 0.6) is 0 Å². The van der Waals surface area contributed by atoms with Crippen LogP contribution in [0.3, 0.4) is 0 Å². The first kappa shape index (κ1) is 84.1. The first-order chi connectivity index (χ1) is 41.4. The van der Waals surface area contributed by atoms with Gasteiger partial charge in [0.15, 0.2) is 12.2 Å². The lowest BCUT2D eigenvalue weighted by atomic mass is 9.99. The first-order valence-electron chi connectivity index (χ1n) is 35.1. The Hall–Kier alpha value is -1.94. The minimum Gasteiger partial charge on any atom is -0.462 e. The number of hydrogen-bond acceptors (Lipinski definition) is 15. The lowest BCUT2D eigenvalue weighted by molar-refractivity contribution is -0.161. The fourth-order valence-corrected chi connectivity index (χ4v) is 11.6. The molecular weight excluding hydrogens is 1140 g/mol. The summed E-state index contributed by atoms with van der Waals surface area (Å²) in [6.07, 6.45) is 42.9. The summed E-state index contributed by atoms with van der Waals surface area (Å²) in [6, 6.07) is 0. The van der Waals surface area contributed by atoms with Gasteiger partial charge in [0.2, 0.25) is 0 Å². The van der Waals surface area contributed by atoms with Crippen LogP contribution in [0.2, 0.25) is 0 Å². The van der Waals surface area contributed by atoms with E-state index in [1.807, 2.05) is 0 Å². The van der Waals surface area contributed by atoms with Crippen LogP contribution in [0.4, 0.5) is 0 Å². The van der Waals surface area contributed by atoms with Crippen molar-refractivity contribution in [1.82, 2.24) is 0 Å². The second-order valence-electron chi connectivity index (χ2n) is 24.7. The van der Waals surface area contributed by atoms with E-state index in [9.17, 15) is 43.2 Å². The second kappa shape index (κ2) is 59.4. The van der Waals surface area contributed by atoms with Gasteiger partial charge in [0.05, 0.1) is 26.4 Å². The molecule has 0 amide bonds. The van der Waals surface area contributed by atoms with Gasteiger partial charge in [-0.2, -0.15) is 0 Å². The summed E-state index contributed by atoms with van der Waals surface area (Å²) in [7, 11) is -9.89. The van der Waals surface area contributed by atoms with E-state index < -0.39 is 97.5 Å². The molecule has 0 saturated carbocycles. The van der Waals surface area contributed by atoms with E-state index in [0.29, 0.717) is 25.7 Å². The van der Waals surface area contributed by atoms with E-state index >= 15 is 0 Å². The van der Waals surface area contributed by atoms with E-state index in [0.717, 1.165) is 108 Å². The molecule has 0 spiro atoms. The van der Waals surface area contributed by atoms with E-state index in [2.05, 4.69) is 41.5 Å². The average Bonchev–Trinajstić information content (AvgIpc) is 3.69. The predicted molar refractivity (Wildman–Crippen MR) is 345 cm³/mol. The largest absolute Gasteiger partial charge is 0.472 e. The molecule has 0 saturated heterocycles. The highest BCUT2D eigenvalue weighted by Gasteiger charge is 2.30. The van der Waals surface area contributed by atoms with Gasteiger partial charge in [0.25, 0.3) is 0 Å². The molecular formula is C67H130O17P2. The van der Waals surface area contributed by atoms with Gasteiger partial charge in [-0.05, 0) is 37.5 Å². The molecule has 86 heavy (non-hydrogen) atoms. The minimum atomic E-state index is -4.95. The Morgan fingerprint density at radius 1 is 0.326 bits per heavy atom. The van der Waals surface area contributed by atoms with Gasteiger partial charge in [0.1, 0.15) is 19.3 Å². The number of unbranched alkanes of at least 4 members (excludes halogenated alkanes) is 34. The van der Waals surface area contributed by atoms with Crippen LogP contribution in [0.25, 0.3) is 0 Å². The third kappa shape index (κ3) is 58.4. The van der Waals surface area contributed by atoms with Gasteiger partial charge in [-0.3, -0.25) is 37.3 Å². The third-order valence-corrected chi connectivity index (χ3v) is 18.1. The second-order valence-corrected chi connectivity index (χ2v) is 27.6. The third-order valence-electron chi connectivity index (χ3n) is 16.2. The van der Waals surface area contributed by atoms with Crippen molar-refractivity contribution in [2.75, 3.05) is 39.6 Å². The highest BCUT2D eigenvalue weighted by molar-refractivity contribution is 7.47. The van der Waals surface area contributed by atoms with Gasteiger partial charge < -0.3 is 33.8 Å². The molecule has 0 aromatic heterocycles. The molecule has 0 aromatic carbocycles. The molecule has 0 radical (unpaired) electrons. The molecule has 4 unspecified atom stereocenters. The highest BCUT2D eigenvalue weighted by atomic mass is 31.2. The summed E-state index contributed by atoms with van der Waals surface area (Å²) in [4.78, 5) is 72.3. The van der Waals surface area contributed by atoms with Crippen molar-refractivity contribution < 1.29 is 80.2 Å². The summed E-state index contributed by atoms with van der Waals surface area (Å²) in [5.74, 6) is -0.518. The predicted octanol–water partition coefficient (Wildman–Crippen LogP) is 18.8. The first-order valence-corrected chi connectivity index (χ1v) is 38.1. The smallest absolute Gasteiger partial charge is 0.462 e. The number of phosphoric ester groups is 2. The molecule has 0 heterocycles. The molecule has 0 aliphatic heterocycles. The van der Waals surface area contributed by atoms with Gasteiger partial charge in [-0.15, -0.1) is 0 Å². The molecule has 0 aliphatic rings. The molecule has 7 atom stereocenters. The fourth-order valence-electron chi connectivity index (χ4n) is 10.00. The van der Waals surface area contributed by atoms with Crippen molar-refractivity contribution in [3.8, 4) is 0 Å². The van der Waals surface area contributed by atoms with Crippen LogP contribution < -0.4 is 0 Å². The maximum atomic E-state index is 13.0. The molecule has 17 nitrogen and oxygen atoms in total. The molecule has 0 aliphatic carbocycles. The van der Waals surface area contributed by atoms with Crippen LogP contribution in [0.1, 0.15) is 337 Å². The summed E-state index contributed by atoms with van der Waals surface area (Å²) in [5.41, 5.74) is 0. The van der Waals surface area contributed by atoms with Gasteiger partial charge in [-0.1, -0.05) is 286 Å². The van der Waals surface area contributed by atoms with Crippen LogP contribution in [0, 0.1) is 11.8 Å². The number of hydrogen-bond donors (Lipinski definition) is 3. The average molecular weight is 1270 g/mol. The van der Waals surface area contributed by atoms with E-state index in [1.165, 1.54) is 148 Å². The molecule has 3 N–H and O–H groups in total. The molecule has 0 bridgehead atoms. The van der Waals surface area contributed by atoms with Crippen LogP contribution in [-0.2, 0) is 65.4 Å². The van der Waals surface area contributed by atoms with E-state index in [-0.39, 0.29) is 25.7 Å². The van der Waals surface area contributed by atoms with Gasteiger partial charge in [0, 0.05) is 25.7 Å². The van der Waals surface area contributed by atoms with Gasteiger partial charge >= 0.3 is 39.5 Å². The normalized spacial score (nSPS) is 14.8. The number of ether oxygens (including phenoxy) is 4. The zero-order chi connectivity index (χ0) is 63.6. The summed E-state index contributed by atoms with van der Waals surface area (Å²) >= 11 is 0. The number of carbonyl (C=O) groups is 4. The Morgan fingerprint density at radius 2 is 0.558 bits per heavy atom. The quantitative estimate of drug-likeness (QED) is 0.0222. The fraction of sp³-hybridized carbons (Fsp3) is 0.940. The number of carbonyl (C=O) groups excluding carboxylic acids is 4. The van der Waals surface area contributed by atoms with Crippen LogP contribution in [-0.4, -0.2) is 96.7 Å². The van der Waals surface area contributed by atoms with Crippen molar-refractivity contribution in [3.05, 3.63) is 0 Å². The number of aliphatic hydroxyl groups is 1. The Bertz CT molecular complexity index is 1690. The topological polar surface area (TPSA) is 237 Å². The summed E-state index contributed by atoms with van der Waals surface area (Å²) in [5, 5.41) is 10.6. The molecule has 0 rings (SSSR count). The zero-order valence-electron chi connectivity index (χ0n) is 55.6. The lowest BCUT2D eigenvalue weighted by Crippen LogP contribution is -2.30. The highest BCUT2D eigenvalue weighted by Crippen LogP contribution is 2.45. The number of phosphoric acid groups is 2. The van der Waals surface area contributed by atoms with E-state index in [4.69, 9.17) is 37.0 Å². The number of aliphatic hydroxyl groups excluding tert-OH is 1. The molecule has 0 fully saturated rings. The van der Waals surface area contributed by atoms with Gasteiger partial charge in [-0.25, -0.2) is 9.13 Å². The Labute approximate surface area is 524 Å². The minimum absolute atomic E-state index is 0.106. The van der Waals surface area contributed by atoms with Crippen LogP contribution >= 0.6 is 15.6 Å². The number of rotatable bonds is 66. The van der Waals surface area contributed by atoms with Crippen molar-refractivity contribution >= 4 is 39.5 Å². The summed E-state index contributed by atoms with van der Waals surface area (Å²) < 4.78 is 68.1. The van der Waals surface area contributed by atoms with E-state index in [1.54, 1.807) is 0 Å². The molecule has 19 heteroatoms. The Morgan fingerprint density at radius 3 is 0.826 bits per heavy atom. The van der Waals surface area contributed by atoms with Crippen molar-refractivity contribution in [2.45, 2.75) is 355 Å². The van der Waals surface area contributed by atoms with Crippen LogP contribution in [0.15, 0.2) is 0 Å². The molecule has 0 aromatic rings. The Kier molecular flexibility index (Phi) is 58.0. The van der Waals surface area contributed by atoms with Crippen molar-refractivity contribution in [3.63, 3.8) is 0 Å². The zero-order valence-corrected chi connectivity index (χ0v) is 57.4. The molecule has 510 valence electrons. The maximum Gasteiger partial charge on any atom is 0.472 e. The van der Waals surface area contributed by atoms with Crippen molar-refractivity contribution in [2.24, 2.45) is 11.8 Å². The number of esters is 4. The maximum absolute atomic E-state index is 13.0. The summed E-state index contributed by atoms with van der Waals surface area (Å²) in [6.45, 7) is 9.54. The monoisotopic (exact) mass is 1270 g/mol. The standard InChI is InChI=1S/C67H130O17P2/c1-7-11-13-15-17-19-26-33-39-45-51-66(71)83-62(55-77-64(69)49-43-37-31-18-16-14-12-8-2)57-81-85(73,74)79-53-61(68)54-80-86(75,76)82-58-63(84-67(72)52-46-40-34-28-23-21-25-30-36-42-48-60(6)10-4)56-78-65(70)50-44-38-32-27-22-20-24-29-35-41-47-59(5)9-3/h59-63,68H,7-58H2,1-6H3,(H,73,74)(H,75,76)/t59?,60?,61-,62+,63+/m0/s1. The lowest BCUT2D eigenvalue weighted by Gasteiger charge is -2.21. The van der Waals surface area contributed by atoms with Crippen molar-refractivity contribution in [1.29, 1.82) is 0 Å². The SMILES string of the molecule is CCCCCCCCCCCCC(=O)O[C@H](COC(=O)CCCCCCCCCC)COP(=O)(O)OC[C@H](O)COP(=O)(O)OC[C@@H](COC(=O)CCCCCCCCCCCCC(C)CC)OC(=O)CCCCCCCCCCCCC(C)CC. The Balaban J connectivity index is 5.24.